The molecule has 36 heavy (non-hydrogen) atoms. The van der Waals surface area contributed by atoms with Crippen LogP contribution in [-0.2, 0) is 4.79 Å². The number of halogens is 2. The van der Waals surface area contributed by atoms with E-state index in [0.717, 1.165) is 16.5 Å². The summed E-state index contributed by atoms with van der Waals surface area (Å²) in [5.74, 6) is -1.58. The fraction of sp³-hybridized carbons (Fsp3) is 0.160. The maximum Gasteiger partial charge on any atom is 0.282 e. The van der Waals surface area contributed by atoms with Gasteiger partial charge in [0, 0.05) is 16.8 Å². The first-order valence-corrected chi connectivity index (χ1v) is 11.9. The molecule has 3 aromatic carbocycles. The third-order valence-corrected chi connectivity index (χ3v) is 7.44. The number of hydrogen-bond acceptors (Lipinski definition) is 6. The van der Waals surface area contributed by atoms with Crippen LogP contribution in [-0.4, -0.2) is 40.7 Å². The number of amides is 3. The number of aryl methyl sites for hydroxylation is 1. The summed E-state index contributed by atoms with van der Waals surface area (Å²) in [4.78, 5) is 53.4. The van der Waals surface area contributed by atoms with Gasteiger partial charge < -0.3 is 9.64 Å². The number of hydrogen-bond donors (Lipinski definition) is 0. The largest absolute Gasteiger partial charge is 0.496 e. The molecule has 3 aromatic rings. The molecule has 3 amide bonds. The molecule has 0 unspecified atom stereocenters. The Morgan fingerprint density at radius 1 is 1.00 bits per heavy atom. The van der Waals surface area contributed by atoms with Crippen LogP contribution in [0.4, 0.5) is 11.4 Å². The highest BCUT2D eigenvalue weighted by Crippen LogP contribution is 2.46. The summed E-state index contributed by atoms with van der Waals surface area (Å²) in [6.07, 6.45) is 0. The summed E-state index contributed by atoms with van der Waals surface area (Å²) in [5, 5.41) is 12.0. The van der Waals surface area contributed by atoms with Gasteiger partial charge in [-0.25, -0.2) is 0 Å². The predicted molar refractivity (Wildman–Crippen MR) is 134 cm³/mol. The Kier molecular flexibility index (Phi) is 5.80. The number of nitro benzene ring substituents is 1. The summed E-state index contributed by atoms with van der Waals surface area (Å²) < 4.78 is 5.92. The van der Waals surface area contributed by atoms with Crippen LogP contribution in [0.2, 0.25) is 5.02 Å². The summed E-state index contributed by atoms with van der Waals surface area (Å²) in [5.41, 5.74) is 1.04. The molecule has 2 atom stereocenters. The van der Waals surface area contributed by atoms with Crippen molar-refractivity contribution in [2.24, 2.45) is 0 Å². The van der Waals surface area contributed by atoms with Crippen LogP contribution in [0.5, 0.6) is 5.75 Å². The molecule has 0 N–H and O–H groups in total. The Morgan fingerprint density at radius 3 is 2.39 bits per heavy atom. The number of β-lactam (4-membered cyclic amide) rings is 1. The standard InChI is InChI=1S/C25H17BrClN3O6/c1-12-6-8-14(11-17(12)27)28-21(13-7-9-19(36-2)16(26)10-13)22(25(28)33)29-23(31)15-4-3-5-18(30(34)35)20(15)24(29)32/h3-11,21-22H,1-2H3/t21-,22+/m1/s1. The summed E-state index contributed by atoms with van der Waals surface area (Å²) in [6, 6.07) is 12.2. The van der Waals surface area contributed by atoms with Crippen LogP contribution in [0, 0.1) is 17.0 Å². The second-order valence-electron chi connectivity index (χ2n) is 8.36. The number of ether oxygens (including phenoxy) is 1. The topological polar surface area (TPSA) is 110 Å². The van der Waals surface area contributed by atoms with Crippen molar-refractivity contribution in [3.05, 3.63) is 96.5 Å². The lowest BCUT2D eigenvalue weighted by Crippen LogP contribution is -2.67. The first kappa shape index (κ1) is 24.0. The number of carbonyl (C=O) groups is 3. The molecule has 2 heterocycles. The number of carbonyl (C=O) groups excluding carboxylic acids is 3. The normalized spacial score (nSPS) is 18.8. The van der Waals surface area contributed by atoms with Gasteiger partial charge in [-0.3, -0.25) is 29.4 Å². The average molecular weight is 571 g/mol. The molecule has 2 aliphatic rings. The molecule has 9 nitrogen and oxygen atoms in total. The van der Waals surface area contributed by atoms with Crippen LogP contribution >= 0.6 is 27.5 Å². The number of anilines is 1. The minimum atomic E-state index is -1.21. The Bertz CT molecular complexity index is 1490. The molecule has 0 aliphatic carbocycles. The maximum absolute atomic E-state index is 13.6. The molecular weight excluding hydrogens is 554 g/mol. The highest BCUT2D eigenvalue weighted by atomic mass is 79.9. The van der Waals surface area contributed by atoms with E-state index >= 15 is 0 Å². The molecule has 1 fully saturated rings. The molecule has 5 rings (SSSR count). The number of benzene rings is 3. The Morgan fingerprint density at radius 2 is 1.75 bits per heavy atom. The van der Waals surface area contributed by atoms with Crippen molar-refractivity contribution in [3.63, 3.8) is 0 Å². The van der Waals surface area contributed by atoms with Gasteiger partial charge in [-0.1, -0.05) is 29.8 Å². The SMILES string of the molecule is COc1ccc([C@@H]2[C@H](N3C(=O)c4cccc([N+](=O)[O-])c4C3=O)C(=O)N2c2ccc(C)c(Cl)c2)cc1Br. The molecule has 0 saturated carbocycles. The van der Waals surface area contributed by atoms with E-state index in [4.69, 9.17) is 16.3 Å². The molecule has 182 valence electrons. The van der Waals surface area contributed by atoms with E-state index in [1.54, 1.807) is 36.4 Å². The third-order valence-electron chi connectivity index (χ3n) is 6.42. The molecule has 0 radical (unpaired) electrons. The summed E-state index contributed by atoms with van der Waals surface area (Å²) in [6.45, 7) is 1.83. The predicted octanol–water partition coefficient (Wildman–Crippen LogP) is 5.08. The number of fused-ring (bicyclic) bond motifs is 1. The van der Waals surface area contributed by atoms with Crippen molar-refractivity contribution in [2.75, 3.05) is 12.0 Å². The van der Waals surface area contributed by atoms with Crippen molar-refractivity contribution < 1.29 is 24.0 Å². The highest BCUT2D eigenvalue weighted by molar-refractivity contribution is 9.10. The number of rotatable bonds is 5. The lowest BCUT2D eigenvalue weighted by atomic mass is 9.86. The maximum atomic E-state index is 13.6. The number of nitro groups is 1. The summed E-state index contributed by atoms with van der Waals surface area (Å²) >= 11 is 9.76. The minimum absolute atomic E-state index is 0.103. The zero-order valence-corrected chi connectivity index (χ0v) is 21.2. The van der Waals surface area contributed by atoms with Gasteiger partial charge in [0.2, 0.25) is 0 Å². The van der Waals surface area contributed by atoms with Gasteiger partial charge in [0.1, 0.15) is 17.4 Å². The number of methoxy groups -OCH3 is 1. The molecule has 11 heteroatoms. The quantitative estimate of drug-likeness (QED) is 0.183. The van der Waals surface area contributed by atoms with Gasteiger partial charge in [-0.2, -0.15) is 0 Å². The number of imide groups is 1. The van der Waals surface area contributed by atoms with Crippen molar-refractivity contribution in [2.45, 2.75) is 19.0 Å². The Balaban J connectivity index is 1.63. The first-order valence-electron chi connectivity index (χ1n) is 10.7. The van der Waals surface area contributed by atoms with Gasteiger partial charge in [-0.15, -0.1) is 0 Å². The third kappa shape index (κ3) is 3.48. The van der Waals surface area contributed by atoms with Crippen LogP contribution < -0.4 is 9.64 Å². The van der Waals surface area contributed by atoms with Gasteiger partial charge in [0.25, 0.3) is 23.4 Å². The lowest BCUT2D eigenvalue weighted by molar-refractivity contribution is -0.385. The zero-order chi connectivity index (χ0) is 25.9. The molecule has 2 aliphatic heterocycles. The van der Waals surface area contributed by atoms with Crippen molar-refractivity contribution in [3.8, 4) is 5.75 Å². The van der Waals surface area contributed by atoms with Crippen molar-refractivity contribution >= 4 is 56.6 Å². The van der Waals surface area contributed by atoms with E-state index in [1.807, 2.05) is 6.92 Å². The van der Waals surface area contributed by atoms with E-state index in [-0.39, 0.29) is 11.1 Å². The molecule has 1 saturated heterocycles. The first-order chi connectivity index (χ1) is 17.1. The fourth-order valence-corrected chi connectivity index (χ4v) is 5.37. The second kappa shape index (κ2) is 8.72. The van der Waals surface area contributed by atoms with Gasteiger partial charge in [-0.05, 0) is 64.3 Å². The monoisotopic (exact) mass is 569 g/mol. The van der Waals surface area contributed by atoms with E-state index in [9.17, 15) is 24.5 Å². The Hall–Kier alpha value is -3.76. The van der Waals surface area contributed by atoms with Gasteiger partial charge in [0.15, 0.2) is 0 Å². The smallest absolute Gasteiger partial charge is 0.282 e. The van der Waals surface area contributed by atoms with Crippen LogP contribution in [0.3, 0.4) is 0 Å². The van der Waals surface area contributed by atoms with E-state index in [1.165, 1.54) is 24.1 Å². The van der Waals surface area contributed by atoms with Gasteiger partial charge >= 0.3 is 0 Å². The van der Waals surface area contributed by atoms with Crippen LogP contribution in [0.1, 0.15) is 37.9 Å². The zero-order valence-electron chi connectivity index (χ0n) is 18.9. The molecule has 0 spiro atoms. The molecule has 0 aromatic heterocycles. The minimum Gasteiger partial charge on any atom is -0.496 e. The average Bonchev–Trinajstić information content (AvgIpc) is 3.09. The molecule has 0 bridgehead atoms. The van der Waals surface area contributed by atoms with E-state index < -0.39 is 40.4 Å². The summed E-state index contributed by atoms with van der Waals surface area (Å²) in [7, 11) is 1.52. The van der Waals surface area contributed by atoms with Crippen molar-refractivity contribution in [1.29, 1.82) is 0 Å². The second-order valence-corrected chi connectivity index (χ2v) is 9.62. The van der Waals surface area contributed by atoms with Crippen LogP contribution in [0.15, 0.2) is 59.1 Å². The number of nitrogens with zero attached hydrogens (tertiary/aromatic N) is 3. The van der Waals surface area contributed by atoms with E-state index in [0.29, 0.717) is 26.5 Å². The highest BCUT2D eigenvalue weighted by Gasteiger charge is 2.58. The fourth-order valence-electron chi connectivity index (χ4n) is 4.63. The lowest BCUT2D eigenvalue weighted by Gasteiger charge is -2.49. The molecular formula is C25H17BrClN3O6. The van der Waals surface area contributed by atoms with Gasteiger partial charge in [0.05, 0.1) is 28.1 Å². The van der Waals surface area contributed by atoms with E-state index in [2.05, 4.69) is 15.9 Å². The van der Waals surface area contributed by atoms with Crippen molar-refractivity contribution in [1.82, 2.24) is 4.90 Å². The Labute approximate surface area is 218 Å². The van der Waals surface area contributed by atoms with Crippen LogP contribution in [0.25, 0.3) is 0 Å².